The summed E-state index contributed by atoms with van der Waals surface area (Å²) in [5.41, 5.74) is 3.94. The van der Waals surface area contributed by atoms with Crippen molar-refractivity contribution < 1.29 is 4.43 Å². The van der Waals surface area contributed by atoms with Crippen LogP contribution in [0.2, 0.25) is 18.1 Å². The summed E-state index contributed by atoms with van der Waals surface area (Å²) in [5.74, 6) is 1.03. The molecule has 0 aromatic heterocycles. The van der Waals surface area contributed by atoms with Gasteiger partial charge in [-0.1, -0.05) is 39.0 Å². The number of halogens is 1. The minimum Gasteiger partial charge on any atom is -0.543 e. The normalized spacial score (nSPS) is 20.6. The maximum Gasteiger partial charge on any atom is 0.250 e. The number of hydrogen-bond donors (Lipinski definition) is 1. The molecule has 3 rings (SSSR count). The topological polar surface area (TPSA) is 21.3 Å². The summed E-state index contributed by atoms with van der Waals surface area (Å²) in [6.45, 7) is 14.8. The SMILES string of the molecule is CC1(c2ccc(I)cc2)NCCc2cc(O[Si](C)(C)C(C)(C)C)ccc21. The fourth-order valence-electron chi connectivity index (χ4n) is 3.36. The predicted molar refractivity (Wildman–Crippen MR) is 122 cm³/mol. The van der Waals surface area contributed by atoms with E-state index in [4.69, 9.17) is 4.43 Å². The lowest BCUT2D eigenvalue weighted by molar-refractivity contribution is 0.412. The van der Waals surface area contributed by atoms with Crippen molar-refractivity contribution in [2.75, 3.05) is 6.54 Å². The van der Waals surface area contributed by atoms with E-state index in [0.29, 0.717) is 0 Å². The first-order valence-electron chi connectivity index (χ1n) is 9.36. The molecular formula is C22H30INOSi. The Balaban J connectivity index is 1.96. The van der Waals surface area contributed by atoms with Crippen molar-refractivity contribution in [3.63, 3.8) is 0 Å². The molecule has 0 saturated heterocycles. The van der Waals surface area contributed by atoms with Crippen LogP contribution in [0.1, 0.15) is 44.4 Å². The van der Waals surface area contributed by atoms with Gasteiger partial charge in [-0.3, -0.25) is 0 Å². The number of nitrogens with one attached hydrogen (secondary N) is 1. The Kier molecular flexibility index (Phi) is 5.32. The van der Waals surface area contributed by atoms with Gasteiger partial charge in [-0.2, -0.15) is 0 Å². The molecule has 1 unspecified atom stereocenters. The monoisotopic (exact) mass is 479 g/mol. The molecule has 0 aliphatic carbocycles. The molecule has 1 atom stereocenters. The second-order valence-electron chi connectivity index (χ2n) is 8.99. The third kappa shape index (κ3) is 3.73. The predicted octanol–water partition coefficient (Wildman–Crippen LogP) is 6.08. The molecule has 0 fully saturated rings. The van der Waals surface area contributed by atoms with Gasteiger partial charge in [0.15, 0.2) is 0 Å². The maximum absolute atomic E-state index is 6.54. The summed E-state index contributed by atoms with van der Waals surface area (Å²) in [6, 6.07) is 15.6. The van der Waals surface area contributed by atoms with E-state index >= 15 is 0 Å². The van der Waals surface area contributed by atoms with E-state index in [1.54, 1.807) is 0 Å². The Hall–Kier alpha value is -0.853. The zero-order valence-electron chi connectivity index (χ0n) is 16.7. The van der Waals surface area contributed by atoms with Gasteiger partial charge in [0.05, 0.1) is 5.54 Å². The summed E-state index contributed by atoms with van der Waals surface area (Å²) in [4.78, 5) is 0. The second-order valence-corrected chi connectivity index (χ2v) is 15.0. The fraction of sp³-hybridized carbons (Fsp3) is 0.455. The highest BCUT2D eigenvalue weighted by molar-refractivity contribution is 14.1. The van der Waals surface area contributed by atoms with Crippen molar-refractivity contribution in [3.8, 4) is 5.75 Å². The van der Waals surface area contributed by atoms with Crippen LogP contribution in [-0.2, 0) is 12.0 Å². The maximum atomic E-state index is 6.54. The molecule has 1 aliphatic rings. The molecule has 0 amide bonds. The van der Waals surface area contributed by atoms with Gasteiger partial charge in [-0.25, -0.2) is 0 Å². The molecule has 1 aliphatic heterocycles. The van der Waals surface area contributed by atoms with Gasteiger partial charge in [-0.15, -0.1) is 0 Å². The average Bonchev–Trinajstić information content (AvgIpc) is 2.54. The zero-order chi connectivity index (χ0) is 19.2. The van der Waals surface area contributed by atoms with E-state index in [0.717, 1.165) is 18.7 Å². The summed E-state index contributed by atoms with van der Waals surface area (Å²) in [6.07, 6.45) is 1.05. The van der Waals surface area contributed by atoms with Crippen molar-refractivity contribution in [3.05, 3.63) is 62.7 Å². The van der Waals surface area contributed by atoms with E-state index in [1.165, 1.54) is 20.3 Å². The largest absolute Gasteiger partial charge is 0.543 e. The lowest BCUT2D eigenvalue weighted by Gasteiger charge is -2.39. The second kappa shape index (κ2) is 6.95. The summed E-state index contributed by atoms with van der Waals surface area (Å²) >= 11 is 2.36. The van der Waals surface area contributed by atoms with Crippen LogP contribution in [0.5, 0.6) is 5.75 Å². The Morgan fingerprint density at radius 1 is 1.08 bits per heavy atom. The Morgan fingerprint density at radius 2 is 1.73 bits per heavy atom. The number of hydrogen-bond acceptors (Lipinski definition) is 2. The minimum atomic E-state index is -1.81. The number of benzene rings is 2. The Bertz CT molecular complexity index is 795. The van der Waals surface area contributed by atoms with E-state index in [9.17, 15) is 0 Å². The summed E-state index contributed by atoms with van der Waals surface area (Å²) in [5, 5.41) is 3.95. The molecule has 0 spiro atoms. The van der Waals surface area contributed by atoms with Crippen LogP contribution in [0.25, 0.3) is 0 Å². The molecule has 2 aromatic rings. The highest BCUT2D eigenvalue weighted by Crippen LogP contribution is 2.40. The summed E-state index contributed by atoms with van der Waals surface area (Å²) in [7, 11) is -1.81. The molecule has 0 saturated carbocycles. The van der Waals surface area contributed by atoms with Gasteiger partial charge in [0.2, 0.25) is 8.32 Å². The molecule has 2 nitrogen and oxygen atoms in total. The van der Waals surface area contributed by atoms with E-state index in [2.05, 4.69) is 111 Å². The van der Waals surface area contributed by atoms with Gasteiger partial charge < -0.3 is 9.74 Å². The lowest BCUT2D eigenvalue weighted by atomic mass is 9.79. The smallest absolute Gasteiger partial charge is 0.250 e. The standard InChI is InChI=1S/C22H30INOSi/c1-21(2,3)26(5,6)25-19-11-12-20-16(15-19)13-14-24-22(20,4)17-7-9-18(23)10-8-17/h7-12,15,24H,13-14H2,1-6H3. The van der Waals surface area contributed by atoms with Crippen LogP contribution < -0.4 is 9.74 Å². The van der Waals surface area contributed by atoms with E-state index in [-0.39, 0.29) is 10.6 Å². The third-order valence-electron chi connectivity index (χ3n) is 6.09. The highest BCUT2D eigenvalue weighted by Gasteiger charge is 2.39. The number of fused-ring (bicyclic) bond motifs is 1. The Labute approximate surface area is 173 Å². The van der Waals surface area contributed by atoms with Crippen molar-refractivity contribution in [1.29, 1.82) is 0 Å². The minimum absolute atomic E-state index is 0.145. The molecule has 0 bridgehead atoms. The summed E-state index contributed by atoms with van der Waals surface area (Å²) < 4.78 is 7.81. The van der Waals surface area contributed by atoms with Crippen LogP contribution in [0.4, 0.5) is 0 Å². The molecule has 140 valence electrons. The third-order valence-corrected chi connectivity index (χ3v) is 11.2. The van der Waals surface area contributed by atoms with Crippen molar-refractivity contribution >= 4 is 30.9 Å². The van der Waals surface area contributed by atoms with Crippen LogP contribution in [0.15, 0.2) is 42.5 Å². The van der Waals surface area contributed by atoms with Gasteiger partial charge in [-0.05, 0) is 95.0 Å². The highest BCUT2D eigenvalue weighted by atomic mass is 127. The van der Waals surface area contributed by atoms with Gasteiger partial charge >= 0.3 is 0 Å². The molecule has 4 heteroatoms. The average molecular weight is 479 g/mol. The Morgan fingerprint density at radius 3 is 2.35 bits per heavy atom. The molecule has 0 radical (unpaired) electrons. The van der Waals surface area contributed by atoms with Gasteiger partial charge in [0.25, 0.3) is 0 Å². The van der Waals surface area contributed by atoms with Crippen molar-refractivity contribution in [2.45, 2.75) is 57.8 Å². The van der Waals surface area contributed by atoms with Crippen LogP contribution in [0, 0.1) is 3.57 Å². The van der Waals surface area contributed by atoms with Crippen LogP contribution in [0.3, 0.4) is 0 Å². The molecular weight excluding hydrogens is 449 g/mol. The molecule has 1 heterocycles. The van der Waals surface area contributed by atoms with E-state index in [1.807, 2.05) is 0 Å². The van der Waals surface area contributed by atoms with E-state index < -0.39 is 8.32 Å². The molecule has 2 aromatic carbocycles. The van der Waals surface area contributed by atoms with Crippen LogP contribution >= 0.6 is 22.6 Å². The first-order valence-corrected chi connectivity index (χ1v) is 13.4. The van der Waals surface area contributed by atoms with Crippen molar-refractivity contribution in [1.82, 2.24) is 5.32 Å². The zero-order valence-corrected chi connectivity index (χ0v) is 19.9. The number of rotatable bonds is 3. The first kappa shape index (κ1) is 19.9. The molecule has 1 N–H and O–H groups in total. The lowest BCUT2D eigenvalue weighted by Crippen LogP contribution is -2.46. The quantitative estimate of drug-likeness (QED) is 0.425. The first-order chi connectivity index (χ1) is 12.0. The van der Waals surface area contributed by atoms with Crippen molar-refractivity contribution in [2.24, 2.45) is 0 Å². The fourth-order valence-corrected chi connectivity index (χ4v) is 4.74. The molecule has 26 heavy (non-hydrogen) atoms. The van der Waals surface area contributed by atoms with Gasteiger partial charge in [0, 0.05) is 10.1 Å². The van der Waals surface area contributed by atoms with Crippen LogP contribution in [-0.4, -0.2) is 14.9 Å². The van der Waals surface area contributed by atoms with Gasteiger partial charge in [0.1, 0.15) is 5.75 Å².